The lowest BCUT2D eigenvalue weighted by Gasteiger charge is -2.18. The molecule has 0 radical (unpaired) electrons. The predicted molar refractivity (Wildman–Crippen MR) is 71.1 cm³/mol. The Labute approximate surface area is 100 Å². The number of nitrogens with one attached hydrogen (secondary N) is 1. The van der Waals surface area contributed by atoms with Crippen molar-refractivity contribution in [3.63, 3.8) is 0 Å². The molecule has 1 aromatic rings. The smallest absolute Gasteiger partial charge is 0.0576 e. The van der Waals surface area contributed by atoms with Crippen molar-refractivity contribution in [1.29, 1.82) is 0 Å². The Balaban J connectivity index is 2.64. The zero-order valence-corrected chi connectivity index (χ0v) is 11.1. The van der Waals surface area contributed by atoms with Crippen LogP contribution in [0.2, 0.25) is 0 Å². The van der Waals surface area contributed by atoms with E-state index in [0.717, 1.165) is 22.3 Å². The van der Waals surface area contributed by atoms with Crippen LogP contribution in [-0.4, -0.2) is 6.04 Å². The molecule has 3 N–H and O–H groups in total. The van der Waals surface area contributed by atoms with Crippen molar-refractivity contribution in [2.24, 2.45) is 5.92 Å². The van der Waals surface area contributed by atoms with Gasteiger partial charge in [0, 0.05) is 10.5 Å². The van der Waals surface area contributed by atoms with E-state index in [1.54, 1.807) is 0 Å². The van der Waals surface area contributed by atoms with Crippen LogP contribution in [0.5, 0.6) is 0 Å². The fourth-order valence-electron chi connectivity index (χ4n) is 1.70. The highest BCUT2D eigenvalue weighted by atomic mass is 79.9. The number of benzene rings is 1. The molecule has 3 heteroatoms. The molecule has 0 aliphatic rings. The van der Waals surface area contributed by atoms with Gasteiger partial charge in [-0.2, -0.15) is 0 Å². The van der Waals surface area contributed by atoms with Crippen LogP contribution in [0, 0.1) is 5.92 Å². The Hall–Kier alpha value is -0.700. The molecule has 15 heavy (non-hydrogen) atoms. The average molecular weight is 271 g/mol. The van der Waals surface area contributed by atoms with Crippen LogP contribution in [0.1, 0.15) is 27.2 Å². The van der Waals surface area contributed by atoms with Gasteiger partial charge >= 0.3 is 0 Å². The molecule has 0 heterocycles. The largest absolute Gasteiger partial charge is 0.397 e. The minimum Gasteiger partial charge on any atom is -0.397 e. The van der Waals surface area contributed by atoms with E-state index in [0.29, 0.717) is 12.0 Å². The van der Waals surface area contributed by atoms with Gasteiger partial charge in [-0.15, -0.1) is 0 Å². The third-order valence-electron chi connectivity index (χ3n) is 2.24. The average Bonchev–Trinajstić information content (AvgIpc) is 2.08. The molecule has 1 rings (SSSR count). The fraction of sp³-hybridized carbons (Fsp3) is 0.500. The highest BCUT2D eigenvalue weighted by Gasteiger charge is 2.06. The Kier molecular flexibility index (Phi) is 4.45. The summed E-state index contributed by atoms with van der Waals surface area (Å²) in [5, 5.41) is 3.42. The zero-order chi connectivity index (χ0) is 11.4. The van der Waals surface area contributed by atoms with Crippen LogP contribution in [0.4, 0.5) is 11.4 Å². The van der Waals surface area contributed by atoms with E-state index >= 15 is 0 Å². The molecule has 1 atom stereocenters. The van der Waals surface area contributed by atoms with Crippen LogP contribution >= 0.6 is 15.9 Å². The summed E-state index contributed by atoms with van der Waals surface area (Å²) in [5.74, 6) is 0.698. The first-order chi connectivity index (χ1) is 6.99. The van der Waals surface area contributed by atoms with Crippen LogP contribution in [0.3, 0.4) is 0 Å². The lowest BCUT2D eigenvalue weighted by atomic mass is 10.0. The molecule has 0 saturated carbocycles. The Bertz CT molecular complexity index is 323. The molecule has 1 aromatic carbocycles. The van der Waals surface area contributed by atoms with Gasteiger partial charge in [0.05, 0.1) is 11.4 Å². The van der Waals surface area contributed by atoms with E-state index in [2.05, 4.69) is 42.0 Å². The third-order valence-corrected chi connectivity index (χ3v) is 2.73. The van der Waals surface area contributed by atoms with E-state index in [-0.39, 0.29) is 0 Å². The summed E-state index contributed by atoms with van der Waals surface area (Å²) in [7, 11) is 0. The molecule has 0 saturated heterocycles. The number of hydrogen-bond acceptors (Lipinski definition) is 2. The molecule has 0 bridgehead atoms. The van der Waals surface area contributed by atoms with Crippen molar-refractivity contribution in [1.82, 2.24) is 0 Å². The Morgan fingerprint density at radius 1 is 1.33 bits per heavy atom. The maximum absolute atomic E-state index is 5.91. The van der Waals surface area contributed by atoms with Crippen LogP contribution in [0.15, 0.2) is 22.7 Å². The van der Waals surface area contributed by atoms with Crippen molar-refractivity contribution in [3.8, 4) is 0 Å². The summed E-state index contributed by atoms with van der Waals surface area (Å²) in [6.07, 6.45) is 1.15. The summed E-state index contributed by atoms with van der Waals surface area (Å²) in [6, 6.07) is 6.38. The zero-order valence-electron chi connectivity index (χ0n) is 9.55. The standard InChI is InChI=1S/C12H19BrN2/c1-8(2)6-9(3)15-12-5-4-10(13)7-11(12)14/h4-5,7-9,15H,6,14H2,1-3H3. The summed E-state index contributed by atoms with van der Waals surface area (Å²) in [4.78, 5) is 0. The van der Waals surface area contributed by atoms with Crippen LogP contribution in [-0.2, 0) is 0 Å². The molecule has 2 nitrogen and oxygen atoms in total. The number of hydrogen-bond donors (Lipinski definition) is 2. The van der Waals surface area contributed by atoms with E-state index in [1.165, 1.54) is 0 Å². The first kappa shape index (κ1) is 12.4. The third kappa shape index (κ3) is 4.12. The van der Waals surface area contributed by atoms with E-state index in [1.807, 2.05) is 18.2 Å². The van der Waals surface area contributed by atoms with Gasteiger partial charge in [-0.1, -0.05) is 29.8 Å². The molecule has 0 aliphatic heterocycles. The Morgan fingerprint density at radius 3 is 2.53 bits per heavy atom. The van der Waals surface area contributed by atoms with Crippen LogP contribution in [0.25, 0.3) is 0 Å². The first-order valence-corrected chi connectivity index (χ1v) is 6.10. The molecule has 0 spiro atoms. The van der Waals surface area contributed by atoms with Gasteiger partial charge in [0.25, 0.3) is 0 Å². The van der Waals surface area contributed by atoms with E-state index in [9.17, 15) is 0 Å². The first-order valence-electron chi connectivity index (χ1n) is 5.30. The number of halogens is 1. The van der Waals surface area contributed by atoms with E-state index in [4.69, 9.17) is 5.73 Å². The quantitative estimate of drug-likeness (QED) is 0.815. The van der Waals surface area contributed by atoms with Gasteiger partial charge < -0.3 is 11.1 Å². The van der Waals surface area contributed by atoms with Crippen molar-refractivity contribution < 1.29 is 0 Å². The lowest BCUT2D eigenvalue weighted by molar-refractivity contribution is 0.540. The molecule has 1 unspecified atom stereocenters. The second-order valence-corrected chi connectivity index (χ2v) is 5.32. The van der Waals surface area contributed by atoms with Gasteiger partial charge in [0.2, 0.25) is 0 Å². The molecule has 0 fully saturated rings. The molecular weight excluding hydrogens is 252 g/mol. The second-order valence-electron chi connectivity index (χ2n) is 4.41. The minimum atomic E-state index is 0.452. The fourth-order valence-corrected chi connectivity index (χ4v) is 2.08. The summed E-state index contributed by atoms with van der Waals surface area (Å²) in [5.41, 5.74) is 7.72. The Morgan fingerprint density at radius 2 is 2.00 bits per heavy atom. The molecule has 0 aliphatic carbocycles. The summed E-state index contributed by atoms with van der Waals surface area (Å²) in [6.45, 7) is 6.63. The topological polar surface area (TPSA) is 38.0 Å². The van der Waals surface area contributed by atoms with Crippen molar-refractivity contribution in [2.75, 3.05) is 11.1 Å². The van der Waals surface area contributed by atoms with Gasteiger partial charge in [-0.25, -0.2) is 0 Å². The molecule has 0 aromatic heterocycles. The monoisotopic (exact) mass is 270 g/mol. The second kappa shape index (κ2) is 5.40. The molecular formula is C12H19BrN2. The maximum Gasteiger partial charge on any atom is 0.0576 e. The van der Waals surface area contributed by atoms with Crippen molar-refractivity contribution >= 4 is 27.3 Å². The highest BCUT2D eigenvalue weighted by molar-refractivity contribution is 9.10. The number of rotatable bonds is 4. The predicted octanol–water partition coefficient (Wildman–Crippen LogP) is 3.88. The number of anilines is 2. The molecule has 84 valence electrons. The van der Waals surface area contributed by atoms with Crippen molar-refractivity contribution in [3.05, 3.63) is 22.7 Å². The highest BCUT2D eigenvalue weighted by Crippen LogP contribution is 2.24. The van der Waals surface area contributed by atoms with Crippen molar-refractivity contribution in [2.45, 2.75) is 33.2 Å². The minimum absolute atomic E-state index is 0.452. The normalized spacial score (nSPS) is 12.9. The van der Waals surface area contributed by atoms with Gasteiger partial charge in [-0.3, -0.25) is 0 Å². The lowest BCUT2D eigenvalue weighted by Crippen LogP contribution is -2.18. The van der Waals surface area contributed by atoms with Gasteiger partial charge in [0.15, 0.2) is 0 Å². The van der Waals surface area contributed by atoms with Gasteiger partial charge in [0.1, 0.15) is 0 Å². The van der Waals surface area contributed by atoms with Gasteiger partial charge in [-0.05, 0) is 37.5 Å². The summed E-state index contributed by atoms with van der Waals surface area (Å²) >= 11 is 3.40. The molecule has 0 amide bonds. The number of nitrogens with two attached hydrogens (primary N) is 1. The van der Waals surface area contributed by atoms with E-state index < -0.39 is 0 Å². The maximum atomic E-state index is 5.91. The summed E-state index contributed by atoms with van der Waals surface area (Å²) < 4.78 is 1.02. The van der Waals surface area contributed by atoms with Crippen LogP contribution < -0.4 is 11.1 Å². The number of nitrogen functional groups attached to an aromatic ring is 1. The SMILES string of the molecule is CC(C)CC(C)Nc1ccc(Br)cc1N.